The van der Waals surface area contributed by atoms with Crippen LogP contribution in [0.2, 0.25) is 0 Å². The zero-order chi connectivity index (χ0) is 15.6. The Morgan fingerprint density at radius 2 is 1.67 bits per heavy atom. The molecule has 1 saturated carbocycles. The number of hydrogen-bond donors (Lipinski definition) is 1. The van der Waals surface area contributed by atoms with Crippen LogP contribution < -0.4 is 5.73 Å². The molecule has 0 radical (unpaired) electrons. The molecule has 1 aliphatic carbocycles. The van der Waals surface area contributed by atoms with Crippen molar-refractivity contribution in [1.29, 1.82) is 0 Å². The highest BCUT2D eigenvalue weighted by molar-refractivity contribution is 4.89. The molecule has 1 saturated heterocycles. The van der Waals surface area contributed by atoms with E-state index in [4.69, 9.17) is 5.73 Å². The molecule has 1 heterocycles. The van der Waals surface area contributed by atoms with Crippen molar-refractivity contribution >= 4 is 0 Å². The topological polar surface area (TPSA) is 32.5 Å². The van der Waals surface area contributed by atoms with Gasteiger partial charge in [-0.15, -0.1) is 0 Å². The van der Waals surface area contributed by atoms with Gasteiger partial charge in [-0.3, -0.25) is 0 Å². The second kappa shape index (κ2) is 6.97. The minimum absolute atomic E-state index is 0.426. The Morgan fingerprint density at radius 3 is 2.19 bits per heavy atom. The zero-order valence-corrected chi connectivity index (χ0v) is 14.9. The maximum absolute atomic E-state index is 6.44. The largest absolute Gasteiger partial charge is 0.327 e. The van der Waals surface area contributed by atoms with Gasteiger partial charge in [-0.05, 0) is 76.5 Å². The number of rotatable bonds is 3. The van der Waals surface area contributed by atoms with E-state index < -0.39 is 0 Å². The van der Waals surface area contributed by atoms with Crippen LogP contribution in [0, 0.1) is 17.3 Å². The standard InChI is InChI=1S/C18H37N3/c1-18(2,3)15-6-7-17(19)14(12-15)13-21-10-8-16(9-11-21)20(4)5/h14-17H,6-13,19H2,1-5H3. The summed E-state index contributed by atoms with van der Waals surface area (Å²) in [5.74, 6) is 1.56. The van der Waals surface area contributed by atoms with Crippen LogP contribution in [0.1, 0.15) is 52.9 Å². The molecular formula is C18H37N3. The summed E-state index contributed by atoms with van der Waals surface area (Å²) in [4.78, 5) is 5.06. The van der Waals surface area contributed by atoms with E-state index in [2.05, 4.69) is 44.7 Å². The van der Waals surface area contributed by atoms with Crippen molar-refractivity contribution in [2.24, 2.45) is 23.0 Å². The van der Waals surface area contributed by atoms with Crippen LogP contribution in [0.25, 0.3) is 0 Å². The summed E-state index contributed by atoms with van der Waals surface area (Å²) in [6, 6.07) is 1.21. The SMILES string of the molecule is CN(C)C1CCN(CC2CC(C(C)(C)C)CCC2N)CC1. The number of piperidine rings is 1. The minimum Gasteiger partial charge on any atom is -0.327 e. The summed E-state index contributed by atoms with van der Waals surface area (Å²) in [5.41, 5.74) is 6.88. The molecule has 0 amide bonds. The monoisotopic (exact) mass is 295 g/mol. The number of nitrogens with zero attached hydrogens (tertiary/aromatic N) is 2. The first-order chi connectivity index (χ1) is 9.77. The van der Waals surface area contributed by atoms with E-state index >= 15 is 0 Å². The van der Waals surface area contributed by atoms with Crippen molar-refractivity contribution in [1.82, 2.24) is 9.80 Å². The van der Waals surface area contributed by atoms with Gasteiger partial charge in [0.25, 0.3) is 0 Å². The van der Waals surface area contributed by atoms with Gasteiger partial charge in [-0.2, -0.15) is 0 Å². The Balaban J connectivity index is 1.84. The van der Waals surface area contributed by atoms with Crippen molar-refractivity contribution in [3.63, 3.8) is 0 Å². The lowest BCUT2D eigenvalue weighted by atomic mass is 9.67. The molecule has 2 rings (SSSR count). The highest BCUT2D eigenvalue weighted by atomic mass is 15.2. The Kier molecular flexibility index (Phi) is 5.72. The average Bonchev–Trinajstić information content (AvgIpc) is 2.40. The van der Waals surface area contributed by atoms with Crippen LogP contribution in [-0.2, 0) is 0 Å². The molecule has 21 heavy (non-hydrogen) atoms. The third-order valence-corrected chi connectivity index (χ3v) is 6.05. The van der Waals surface area contributed by atoms with Gasteiger partial charge < -0.3 is 15.5 Å². The third kappa shape index (κ3) is 4.67. The lowest BCUT2D eigenvalue weighted by Crippen LogP contribution is -2.48. The van der Waals surface area contributed by atoms with Gasteiger partial charge >= 0.3 is 0 Å². The van der Waals surface area contributed by atoms with Crippen molar-refractivity contribution in [2.45, 2.75) is 65.0 Å². The normalized spacial score (nSPS) is 33.6. The molecule has 1 aliphatic heterocycles. The first-order valence-electron chi connectivity index (χ1n) is 8.91. The fraction of sp³-hybridized carbons (Fsp3) is 1.00. The molecule has 124 valence electrons. The molecule has 0 bridgehead atoms. The molecule has 2 aliphatic rings. The van der Waals surface area contributed by atoms with Gasteiger partial charge in [0.2, 0.25) is 0 Å². The second-order valence-corrected chi connectivity index (χ2v) is 8.80. The molecule has 3 nitrogen and oxygen atoms in total. The van der Waals surface area contributed by atoms with E-state index in [0.29, 0.717) is 17.4 Å². The van der Waals surface area contributed by atoms with Crippen molar-refractivity contribution in [3.05, 3.63) is 0 Å². The van der Waals surface area contributed by atoms with Crippen LogP contribution in [-0.4, -0.2) is 55.6 Å². The smallest absolute Gasteiger partial charge is 0.0113 e. The molecule has 2 fully saturated rings. The van der Waals surface area contributed by atoms with Gasteiger partial charge in [0.05, 0.1) is 0 Å². The van der Waals surface area contributed by atoms with E-state index in [1.54, 1.807) is 0 Å². The average molecular weight is 296 g/mol. The molecule has 2 N–H and O–H groups in total. The van der Waals surface area contributed by atoms with E-state index in [-0.39, 0.29) is 0 Å². The zero-order valence-electron chi connectivity index (χ0n) is 14.9. The van der Waals surface area contributed by atoms with Gasteiger partial charge in [-0.25, -0.2) is 0 Å². The Hall–Kier alpha value is -0.120. The fourth-order valence-electron chi connectivity index (χ4n) is 4.23. The Labute approximate surface area is 132 Å². The van der Waals surface area contributed by atoms with Crippen LogP contribution in [0.5, 0.6) is 0 Å². The molecule has 0 aromatic heterocycles. The highest BCUT2D eigenvalue weighted by Gasteiger charge is 2.35. The van der Waals surface area contributed by atoms with Crippen LogP contribution in [0.3, 0.4) is 0 Å². The predicted octanol–water partition coefficient (Wildman–Crippen LogP) is 2.80. The number of nitrogens with two attached hydrogens (primary N) is 1. The Morgan fingerprint density at radius 1 is 1.05 bits per heavy atom. The van der Waals surface area contributed by atoms with Crippen LogP contribution in [0.4, 0.5) is 0 Å². The van der Waals surface area contributed by atoms with Crippen molar-refractivity contribution < 1.29 is 0 Å². The lowest BCUT2D eigenvalue weighted by Gasteiger charge is -2.43. The molecule has 0 aromatic rings. The fourth-order valence-corrected chi connectivity index (χ4v) is 4.23. The summed E-state index contributed by atoms with van der Waals surface area (Å²) in [7, 11) is 4.43. The van der Waals surface area contributed by atoms with Gasteiger partial charge in [0, 0.05) is 18.6 Å². The molecule has 3 heteroatoms. The van der Waals surface area contributed by atoms with Crippen LogP contribution in [0.15, 0.2) is 0 Å². The summed E-state index contributed by atoms with van der Waals surface area (Å²) in [6.45, 7) is 10.9. The van der Waals surface area contributed by atoms with Crippen molar-refractivity contribution in [2.75, 3.05) is 33.7 Å². The quantitative estimate of drug-likeness (QED) is 0.869. The van der Waals surface area contributed by atoms with Crippen LogP contribution >= 0.6 is 0 Å². The summed E-state index contributed by atoms with van der Waals surface area (Å²) < 4.78 is 0. The maximum atomic E-state index is 6.44. The summed E-state index contributed by atoms with van der Waals surface area (Å²) in [6.07, 6.45) is 6.51. The van der Waals surface area contributed by atoms with Gasteiger partial charge in [0.15, 0.2) is 0 Å². The first kappa shape index (κ1) is 17.2. The number of likely N-dealkylation sites (tertiary alicyclic amines) is 1. The summed E-state index contributed by atoms with van der Waals surface area (Å²) >= 11 is 0. The third-order valence-electron chi connectivity index (χ3n) is 6.05. The highest BCUT2D eigenvalue weighted by Crippen LogP contribution is 2.40. The summed E-state index contributed by atoms with van der Waals surface area (Å²) in [5, 5.41) is 0. The molecule has 0 aromatic carbocycles. The lowest BCUT2D eigenvalue weighted by molar-refractivity contribution is 0.0784. The molecule has 3 atom stereocenters. The number of hydrogen-bond acceptors (Lipinski definition) is 3. The minimum atomic E-state index is 0.426. The predicted molar refractivity (Wildman–Crippen MR) is 91.4 cm³/mol. The molecule has 0 spiro atoms. The van der Waals surface area contributed by atoms with Gasteiger partial charge in [-0.1, -0.05) is 20.8 Å². The van der Waals surface area contributed by atoms with E-state index in [1.165, 1.54) is 51.7 Å². The van der Waals surface area contributed by atoms with E-state index in [1.807, 2.05) is 0 Å². The molecule has 3 unspecified atom stereocenters. The van der Waals surface area contributed by atoms with E-state index in [0.717, 1.165) is 12.0 Å². The van der Waals surface area contributed by atoms with Crippen molar-refractivity contribution in [3.8, 4) is 0 Å². The molecular weight excluding hydrogens is 258 g/mol. The van der Waals surface area contributed by atoms with Gasteiger partial charge in [0.1, 0.15) is 0 Å². The first-order valence-corrected chi connectivity index (χ1v) is 8.91. The van der Waals surface area contributed by atoms with E-state index in [9.17, 15) is 0 Å². The maximum Gasteiger partial charge on any atom is 0.0113 e. The second-order valence-electron chi connectivity index (χ2n) is 8.80. The Bertz CT molecular complexity index is 313.